The highest BCUT2D eigenvalue weighted by atomic mass is 15.2. The smallest absolute Gasteiger partial charge is 0.00669 e. The van der Waals surface area contributed by atoms with Crippen molar-refractivity contribution in [3.8, 4) is 0 Å². The normalized spacial score (nSPS) is 31.2. The van der Waals surface area contributed by atoms with Crippen LogP contribution in [0.2, 0.25) is 0 Å². The van der Waals surface area contributed by atoms with Crippen LogP contribution in [0, 0.1) is 5.41 Å². The zero-order valence-corrected chi connectivity index (χ0v) is 10.2. The molecule has 1 unspecified atom stereocenters. The Morgan fingerprint density at radius 1 is 1.27 bits per heavy atom. The molecule has 1 heterocycles. The first-order valence-corrected chi connectivity index (χ1v) is 6.70. The zero-order chi connectivity index (χ0) is 10.7. The lowest BCUT2D eigenvalue weighted by Gasteiger charge is -2.43. The second-order valence-electron chi connectivity index (χ2n) is 5.69. The Hall–Kier alpha value is -0.0800. The van der Waals surface area contributed by atoms with Gasteiger partial charge in [0.05, 0.1) is 0 Å². The number of hydrogen-bond donors (Lipinski definition) is 1. The number of hydrogen-bond acceptors (Lipinski definition) is 2. The summed E-state index contributed by atoms with van der Waals surface area (Å²) in [6.45, 7) is 5.91. The van der Waals surface area contributed by atoms with Crippen LogP contribution in [0.15, 0.2) is 0 Å². The van der Waals surface area contributed by atoms with Gasteiger partial charge in [-0.1, -0.05) is 12.8 Å². The topological polar surface area (TPSA) is 29.3 Å². The van der Waals surface area contributed by atoms with Crippen LogP contribution in [0.25, 0.3) is 0 Å². The van der Waals surface area contributed by atoms with Crippen molar-refractivity contribution in [1.29, 1.82) is 0 Å². The Morgan fingerprint density at radius 3 is 2.60 bits per heavy atom. The highest BCUT2D eigenvalue weighted by molar-refractivity contribution is 4.89. The zero-order valence-electron chi connectivity index (χ0n) is 10.2. The quantitative estimate of drug-likeness (QED) is 0.772. The SMILES string of the molecule is CC1CCCCN1CCC1(CN)CCC1. The minimum Gasteiger partial charge on any atom is -0.330 e. The van der Waals surface area contributed by atoms with E-state index in [1.165, 1.54) is 58.0 Å². The average Bonchev–Trinajstić information content (AvgIpc) is 2.19. The molecule has 2 aliphatic rings. The molecule has 2 N–H and O–H groups in total. The minimum atomic E-state index is 0.539. The molecule has 1 aliphatic heterocycles. The van der Waals surface area contributed by atoms with E-state index in [1.54, 1.807) is 0 Å². The van der Waals surface area contributed by atoms with E-state index in [4.69, 9.17) is 5.73 Å². The standard InChI is InChI=1S/C13H26N2/c1-12-5-2-3-9-15(12)10-8-13(11-14)6-4-7-13/h12H,2-11,14H2,1H3. The lowest BCUT2D eigenvalue weighted by molar-refractivity contribution is 0.0819. The number of nitrogens with two attached hydrogens (primary N) is 1. The molecule has 2 rings (SSSR count). The molecule has 0 bridgehead atoms. The van der Waals surface area contributed by atoms with Gasteiger partial charge in [-0.25, -0.2) is 0 Å². The van der Waals surface area contributed by atoms with Gasteiger partial charge in [-0.2, -0.15) is 0 Å². The molecule has 0 aromatic carbocycles. The van der Waals surface area contributed by atoms with E-state index in [2.05, 4.69) is 11.8 Å². The van der Waals surface area contributed by atoms with E-state index in [-0.39, 0.29) is 0 Å². The molecule has 1 saturated carbocycles. The van der Waals surface area contributed by atoms with E-state index in [0.717, 1.165) is 12.6 Å². The number of piperidine rings is 1. The van der Waals surface area contributed by atoms with Gasteiger partial charge < -0.3 is 10.6 Å². The third-order valence-electron chi connectivity index (χ3n) is 4.72. The van der Waals surface area contributed by atoms with Gasteiger partial charge in [0.25, 0.3) is 0 Å². The Morgan fingerprint density at radius 2 is 2.07 bits per heavy atom. The molecule has 2 nitrogen and oxygen atoms in total. The largest absolute Gasteiger partial charge is 0.330 e. The summed E-state index contributed by atoms with van der Waals surface area (Å²) in [5, 5.41) is 0. The van der Waals surface area contributed by atoms with Crippen LogP contribution in [-0.2, 0) is 0 Å². The van der Waals surface area contributed by atoms with Gasteiger partial charge in [-0.15, -0.1) is 0 Å². The first-order valence-electron chi connectivity index (χ1n) is 6.70. The highest BCUT2D eigenvalue weighted by Crippen LogP contribution is 2.43. The van der Waals surface area contributed by atoms with Crippen LogP contribution in [0.4, 0.5) is 0 Å². The summed E-state index contributed by atoms with van der Waals surface area (Å²) in [5.74, 6) is 0. The van der Waals surface area contributed by atoms with Crippen molar-refractivity contribution >= 4 is 0 Å². The average molecular weight is 210 g/mol. The second kappa shape index (κ2) is 4.84. The highest BCUT2D eigenvalue weighted by Gasteiger charge is 2.35. The first-order chi connectivity index (χ1) is 7.26. The maximum Gasteiger partial charge on any atom is 0.00669 e. The lowest BCUT2D eigenvalue weighted by Crippen LogP contribution is -2.44. The Bertz CT molecular complexity index is 193. The molecule has 0 aromatic heterocycles. The van der Waals surface area contributed by atoms with Gasteiger partial charge in [-0.05, 0) is 64.1 Å². The van der Waals surface area contributed by atoms with Crippen LogP contribution in [-0.4, -0.2) is 30.6 Å². The molecular formula is C13H26N2. The fourth-order valence-electron chi connectivity index (χ4n) is 3.10. The number of nitrogens with zero attached hydrogens (tertiary/aromatic N) is 1. The van der Waals surface area contributed by atoms with Gasteiger partial charge in [0.15, 0.2) is 0 Å². The maximum atomic E-state index is 5.90. The van der Waals surface area contributed by atoms with Gasteiger partial charge in [0.1, 0.15) is 0 Å². The van der Waals surface area contributed by atoms with Crippen molar-refractivity contribution < 1.29 is 0 Å². The fourth-order valence-corrected chi connectivity index (χ4v) is 3.10. The lowest BCUT2D eigenvalue weighted by atomic mass is 9.66. The van der Waals surface area contributed by atoms with E-state index < -0.39 is 0 Å². The third-order valence-corrected chi connectivity index (χ3v) is 4.72. The summed E-state index contributed by atoms with van der Waals surface area (Å²) in [6.07, 6.45) is 9.74. The van der Waals surface area contributed by atoms with E-state index in [9.17, 15) is 0 Å². The Kier molecular flexibility index (Phi) is 3.68. The molecule has 15 heavy (non-hydrogen) atoms. The third kappa shape index (κ3) is 2.54. The predicted molar refractivity (Wildman–Crippen MR) is 64.8 cm³/mol. The van der Waals surface area contributed by atoms with Crippen LogP contribution in [0.3, 0.4) is 0 Å². The summed E-state index contributed by atoms with van der Waals surface area (Å²) in [5.41, 5.74) is 6.44. The predicted octanol–water partition coefficient (Wildman–Crippen LogP) is 2.38. The van der Waals surface area contributed by atoms with Crippen molar-refractivity contribution in [1.82, 2.24) is 4.90 Å². The van der Waals surface area contributed by atoms with Gasteiger partial charge >= 0.3 is 0 Å². The van der Waals surface area contributed by atoms with Crippen molar-refractivity contribution in [2.75, 3.05) is 19.6 Å². The molecule has 2 fully saturated rings. The molecule has 0 amide bonds. The summed E-state index contributed by atoms with van der Waals surface area (Å²) in [7, 11) is 0. The van der Waals surface area contributed by atoms with Gasteiger partial charge in [0, 0.05) is 6.04 Å². The maximum absolute atomic E-state index is 5.90. The van der Waals surface area contributed by atoms with Crippen LogP contribution in [0.5, 0.6) is 0 Å². The summed E-state index contributed by atoms with van der Waals surface area (Å²) in [4.78, 5) is 2.68. The molecular weight excluding hydrogens is 184 g/mol. The van der Waals surface area contributed by atoms with Crippen molar-refractivity contribution in [3.05, 3.63) is 0 Å². The van der Waals surface area contributed by atoms with Crippen LogP contribution < -0.4 is 5.73 Å². The molecule has 88 valence electrons. The Labute approximate surface area is 94.2 Å². The second-order valence-corrected chi connectivity index (χ2v) is 5.69. The summed E-state index contributed by atoms with van der Waals surface area (Å²) < 4.78 is 0. The van der Waals surface area contributed by atoms with E-state index in [0.29, 0.717) is 5.41 Å². The first kappa shape index (κ1) is 11.4. The molecule has 2 heteroatoms. The van der Waals surface area contributed by atoms with Crippen LogP contribution >= 0.6 is 0 Å². The van der Waals surface area contributed by atoms with Crippen molar-refractivity contribution in [2.24, 2.45) is 11.1 Å². The summed E-state index contributed by atoms with van der Waals surface area (Å²) in [6, 6.07) is 0.814. The number of likely N-dealkylation sites (tertiary alicyclic amines) is 1. The molecule has 0 radical (unpaired) electrons. The minimum absolute atomic E-state index is 0.539. The molecule has 1 aliphatic carbocycles. The van der Waals surface area contributed by atoms with E-state index >= 15 is 0 Å². The number of rotatable bonds is 4. The van der Waals surface area contributed by atoms with Crippen molar-refractivity contribution in [2.45, 2.75) is 57.9 Å². The van der Waals surface area contributed by atoms with E-state index in [1.807, 2.05) is 0 Å². The molecule has 1 atom stereocenters. The van der Waals surface area contributed by atoms with Gasteiger partial charge in [0.2, 0.25) is 0 Å². The summed E-state index contributed by atoms with van der Waals surface area (Å²) >= 11 is 0. The molecule has 1 saturated heterocycles. The Balaban J connectivity index is 1.76. The fraction of sp³-hybridized carbons (Fsp3) is 1.00. The molecule has 0 aromatic rings. The monoisotopic (exact) mass is 210 g/mol. The van der Waals surface area contributed by atoms with Crippen LogP contribution in [0.1, 0.15) is 51.9 Å². The van der Waals surface area contributed by atoms with Gasteiger partial charge in [-0.3, -0.25) is 0 Å². The van der Waals surface area contributed by atoms with Crippen molar-refractivity contribution in [3.63, 3.8) is 0 Å². The molecule has 0 spiro atoms.